The van der Waals surface area contributed by atoms with Gasteiger partial charge in [0, 0.05) is 6.92 Å². The molecule has 5 heteroatoms. The monoisotopic (exact) mass is 232 g/mol. The lowest BCUT2D eigenvalue weighted by Gasteiger charge is -2.27. The summed E-state index contributed by atoms with van der Waals surface area (Å²) < 4.78 is 4.77. The van der Waals surface area contributed by atoms with Crippen LogP contribution in [0.15, 0.2) is 0 Å². The van der Waals surface area contributed by atoms with Crippen molar-refractivity contribution in [3.8, 4) is 0 Å². The molecule has 0 spiro atoms. The molecule has 0 N–H and O–H groups in total. The van der Waals surface area contributed by atoms with Gasteiger partial charge < -0.3 is 4.74 Å². The lowest BCUT2D eigenvalue weighted by Crippen LogP contribution is -2.42. The number of esters is 1. The van der Waals surface area contributed by atoms with Gasteiger partial charge in [-0.25, -0.2) is 0 Å². The van der Waals surface area contributed by atoms with Crippen LogP contribution in [0.3, 0.4) is 0 Å². The van der Waals surface area contributed by atoms with Gasteiger partial charge in [-0.05, 0) is 26.0 Å². The Labute approximate surface area is 94.8 Å². The van der Waals surface area contributed by atoms with E-state index in [2.05, 4.69) is 12.6 Å². The second-order valence-corrected chi connectivity index (χ2v) is 3.90. The molecule has 0 radical (unpaired) electrons. The third-order valence-electron chi connectivity index (χ3n) is 2.41. The van der Waals surface area contributed by atoms with Crippen LogP contribution < -0.4 is 0 Å². The predicted octanol–water partition coefficient (Wildman–Crippen LogP) is 1.03. The van der Waals surface area contributed by atoms with Crippen LogP contribution in [-0.4, -0.2) is 29.9 Å². The molecule has 4 nitrogen and oxygen atoms in total. The summed E-state index contributed by atoms with van der Waals surface area (Å²) >= 11 is 4.00. The van der Waals surface area contributed by atoms with Crippen molar-refractivity contribution in [3.05, 3.63) is 0 Å². The third kappa shape index (κ3) is 3.66. The fourth-order valence-corrected chi connectivity index (χ4v) is 1.67. The van der Waals surface area contributed by atoms with E-state index in [-0.39, 0.29) is 24.6 Å². The van der Waals surface area contributed by atoms with Gasteiger partial charge in [-0.1, -0.05) is 0 Å². The van der Waals surface area contributed by atoms with Gasteiger partial charge in [-0.2, -0.15) is 12.6 Å². The summed E-state index contributed by atoms with van der Waals surface area (Å²) in [5, 5.41) is 0. The van der Waals surface area contributed by atoms with E-state index in [4.69, 9.17) is 4.74 Å². The summed E-state index contributed by atoms with van der Waals surface area (Å²) in [4.78, 5) is 33.6. The zero-order chi connectivity index (χ0) is 12.1. The highest BCUT2D eigenvalue weighted by molar-refractivity contribution is 7.80. The van der Waals surface area contributed by atoms with E-state index in [0.29, 0.717) is 5.75 Å². The molecule has 0 fully saturated rings. The van der Waals surface area contributed by atoms with E-state index < -0.39 is 11.4 Å². The molecule has 0 aliphatic heterocycles. The first-order chi connectivity index (χ1) is 6.86. The molecule has 0 aliphatic carbocycles. The van der Waals surface area contributed by atoms with Crippen molar-refractivity contribution in [1.82, 2.24) is 0 Å². The smallest absolute Gasteiger partial charge is 0.302 e. The Morgan fingerprint density at radius 1 is 1.13 bits per heavy atom. The number of Topliss-reactive ketones (excluding diaryl/α,β-unsaturated/α-hetero) is 2. The molecule has 0 heterocycles. The van der Waals surface area contributed by atoms with Crippen LogP contribution in [0.4, 0.5) is 0 Å². The number of hydrogen-bond donors (Lipinski definition) is 1. The minimum atomic E-state index is -1.21. The Kier molecular flexibility index (Phi) is 5.57. The standard InChI is InChI=1S/C10H16O4S/c1-7(11)10(4-5-15,8(2)12)6-14-9(3)13/h15H,4-6H2,1-3H3. The van der Waals surface area contributed by atoms with Crippen molar-refractivity contribution in [2.24, 2.45) is 5.41 Å². The number of ether oxygens (including phenoxy) is 1. The van der Waals surface area contributed by atoms with Crippen LogP contribution in [0.2, 0.25) is 0 Å². The van der Waals surface area contributed by atoms with Crippen molar-refractivity contribution >= 4 is 30.2 Å². The first-order valence-electron chi connectivity index (χ1n) is 4.63. The summed E-state index contributed by atoms with van der Waals surface area (Å²) in [5.74, 6) is -0.683. The molecule has 0 aromatic heterocycles. The molecule has 0 saturated heterocycles. The van der Waals surface area contributed by atoms with Gasteiger partial charge >= 0.3 is 5.97 Å². The number of ketones is 2. The van der Waals surface area contributed by atoms with E-state index >= 15 is 0 Å². The van der Waals surface area contributed by atoms with E-state index in [1.807, 2.05) is 0 Å². The first kappa shape index (κ1) is 14.2. The SMILES string of the molecule is CC(=O)OCC(CCS)(C(C)=O)C(C)=O. The summed E-state index contributed by atoms with van der Waals surface area (Å²) in [6.45, 7) is 3.71. The maximum absolute atomic E-state index is 11.5. The molecule has 0 rings (SSSR count). The molecule has 0 unspecified atom stereocenters. The molecule has 0 bridgehead atoms. The van der Waals surface area contributed by atoms with E-state index in [1.54, 1.807) is 0 Å². The van der Waals surface area contributed by atoms with Crippen LogP contribution >= 0.6 is 12.6 Å². The first-order valence-corrected chi connectivity index (χ1v) is 5.26. The van der Waals surface area contributed by atoms with Gasteiger partial charge in [-0.3, -0.25) is 14.4 Å². The van der Waals surface area contributed by atoms with E-state index in [9.17, 15) is 14.4 Å². The molecular formula is C10H16O4S. The number of thiol groups is 1. The van der Waals surface area contributed by atoms with E-state index in [0.717, 1.165) is 0 Å². The zero-order valence-electron chi connectivity index (χ0n) is 9.20. The highest BCUT2D eigenvalue weighted by Crippen LogP contribution is 2.26. The Bertz CT molecular complexity index is 259. The average molecular weight is 232 g/mol. The van der Waals surface area contributed by atoms with Crippen molar-refractivity contribution in [2.45, 2.75) is 27.2 Å². The molecule has 0 aromatic rings. The summed E-state index contributed by atoms with van der Waals surface area (Å²) in [6.07, 6.45) is 0.286. The topological polar surface area (TPSA) is 60.4 Å². The van der Waals surface area contributed by atoms with Crippen LogP contribution in [0, 0.1) is 5.41 Å². The average Bonchev–Trinajstić information content (AvgIpc) is 2.10. The van der Waals surface area contributed by atoms with Crippen molar-refractivity contribution in [3.63, 3.8) is 0 Å². The maximum atomic E-state index is 11.5. The van der Waals surface area contributed by atoms with Gasteiger partial charge in [0.1, 0.15) is 23.6 Å². The quantitative estimate of drug-likeness (QED) is 0.422. The zero-order valence-corrected chi connectivity index (χ0v) is 10.1. The van der Waals surface area contributed by atoms with Gasteiger partial charge in [0.25, 0.3) is 0 Å². The summed E-state index contributed by atoms with van der Waals surface area (Å²) in [5.41, 5.74) is -1.21. The van der Waals surface area contributed by atoms with Gasteiger partial charge in [-0.15, -0.1) is 0 Å². The number of carbonyl (C=O) groups excluding carboxylic acids is 3. The number of carbonyl (C=O) groups is 3. The highest BCUT2D eigenvalue weighted by Gasteiger charge is 2.40. The Morgan fingerprint density at radius 3 is 1.87 bits per heavy atom. The molecular weight excluding hydrogens is 216 g/mol. The van der Waals surface area contributed by atoms with Crippen molar-refractivity contribution in [1.29, 1.82) is 0 Å². The van der Waals surface area contributed by atoms with Crippen LogP contribution in [-0.2, 0) is 19.1 Å². The molecule has 86 valence electrons. The van der Waals surface area contributed by atoms with Crippen molar-refractivity contribution < 1.29 is 19.1 Å². The van der Waals surface area contributed by atoms with Gasteiger partial charge in [0.2, 0.25) is 0 Å². The summed E-state index contributed by atoms with van der Waals surface area (Å²) in [7, 11) is 0. The molecule has 0 aliphatic rings. The number of rotatable bonds is 6. The minimum absolute atomic E-state index is 0.187. The Morgan fingerprint density at radius 2 is 1.60 bits per heavy atom. The lowest BCUT2D eigenvalue weighted by atomic mass is 9.78. The Hall–Kier alpha value is -0.840. The predicted molar refractivity (Wildman–Crippen MR) is 58.9 cm³/mol. The van der Waals surface area contributed by atoms with E-state index in [1.165, 1.54) is 20.8 Å². The minimum Gasteiger partial charge on any atom is -0.464 e. The third-order valence-corrected chi connectivity index (χ3v) is 2.63. The molecule has 0 atom stereocenters. The Balaban J connectivity index is 4.87. The highest BCUT2D eigenvalue weighted by atomic mass is 32.1. The van der Waals surface area contributed by atoms with Crippen LogP contribution in [0.1, 0.15) is 27.2 Å². The van der Waals surface area contributed by atoms with Crippen LogP contribution in [0.5, 0.6) is 0 Å². The second kappa shape index (κ2) is 5.90. The fraction of sp³-hybridized carbons (Fsp3) is 0.700. The largest absolute Gasteiger partial charge is 0.464 e. The summed E-state index contributed by atoms with van der Waals surface area (Å²) in [6, 6.07) is 0. The van der Waals surface area contributed by atoms with Crippen LogP contribution in [0.25, 0.3) is 0 Å². The molecule has 0 amide bonds. The van der Waals surface area contributed by atoms with Gasteiger partial charge in [0.05, 0.1) is 0 Å². The molecule has 15 heavy (non-hydrogen) atoms. The number of hydrogen-bond acceptors (Lipinski definition) is 5. The normalized spacial score (nSPS) is 10.9. The van der Waals surface area contributed by atoms with Crippen molar-refractivity contribution in [2.75, 3.05) is 12.4 Å². The molecule has 0 aromatic carbocycles. The second-order valence-electron chi connectivity index (χ2n) is 3.45. The lowest BCUT2D eigenvalue weighted by molar-refractivity contribution is -0.151. The van der Waals surface area contributed by atoms with Gasteiger partial charge in [0.15, 0.2) is 0 Å². The fourth-order valence-electron chi connectivity index (χ4n) is 1.29. The maximum Gasteiger partial charge on any atom is 0.302 e. The molecule has 0 saturated carbocycles.